The fourth-order valence-electron chi connectivity index (χ4n) is 7.95. The fourth-order valence-corrected chi connectivity index (χ4v) is 7.95. The fraction of sp³-hybridized carbons (Fsp3) is 0.786. The molecule has 0 saturated heterocycles. The SMILES string of the molecule is CCC(CC)[C@@H](O)C[C@H](C)C1=CC[C@H]2C3=CC=C4C[C@@H](O)C[C@H](O)[C@]4(C)[C@H]3CC[C@]12C. The molecular formula is C28H44O3. The van der Waals surface area contributed by atoms with Crippen molar-refractivity contribution in [1.29, 1.82) is 0 Å². The number of hydrogen-bond acceptors (Lipinski definition) is 3. The van der Waals surface area contributed by atoms with E-state index in [0.717, 1.165) is 38.5 Å². The maximum absolute atomic E-state index is 11.0. The highest BCUT2D eigenvalue weighted by atomic mass is 16.3. The summed E-state index contributed by atoms with van der Waals surface area (Å²) in [4.78, 5) is 0. The molecule has 3 N–H and O–H groups in total. The van der Waals surface area contributed by atoms with E-state index in [9.17, 15) is 15.3 Å². The molecule has 0 amide bonds. The molecule has 2 fully saturated rings. The molecule has 0 aliphatic heterocycles. The summed E-state index contributed by atoms with van der Waals surface area (Å²) in [5, 5.41) is 32.1. The Balaban J connectivity index is 1.57. The molecule has 0 aromatic rings. The molecular weight excluding hydrogens is 384 g/mol. The molecule has 174 valence electrons. The van der Waals surface area contributed by atoms with Crippen LogP contribution in [0.15, 0.2) is 34.9 Å². The van der Waals surface area contributed by atoms with Crippen molar-refractivity contribution in [2.24, 2.45) is 34.5 Å². The first kappa shape index (κ1) is 23.3. The monoisotopic (exact) mass is 428 g/mol. The summed E-state index contributed by atoms with van der Waals surface area (Å²) in [5.74, 6) is 1.69. The third-order valence-corrected chi connectivity index (χ3v) is 10.0. The Morgan fingerprint density at radius 3 is 2.48 bits per heavy atom. The lowest BCUT2D eigenvalue weighted by Gasteiger charge is -2.56. The molecule has 0 aromatic heterocycles. The van der Waals surface area contributed by atoms with Crippen LogP contribution in [-0.2, 0) is 0 Å². The third-order valence-electron chi connectivity index (χ3n) is 10.0. The van der Waals surface area contributed by atoms with Crippen LogP contribution in [0.3, 0.4) is 0 Å². The number of aliphatic hydroxyl groups is 3. The van der Waals surface area contributed by atoms with Crippen LogP contribution < -0.4 is 0 Å². The van der Waals surface area contributed by atoms with E-state index in [1.54, 1.807) is 5.57 Å². The lowest BCUT2D eigenvalue weighted by atomic mass is 9.49. The van der Waals surface area contributed by atoms with Crippen LogP contribution in [0.4, 0.5) is 0 Å². The Labute approximate surface area is 189 Å². The highest BCUT2D eigenvalue weighted by Crippen LogP contribution is 2.64. The summed E-state index contributed by atoms with van der Waals surface area (Å²) >= 11 is 0. The normalized spacial score (nSPS) is 41.5. The van der Waals surface area contributed by atoms with E-state index in [0.29, 0.717) is 36.5 Å². The van der Waals surface area contributed by atoms with Gasteiger partial charge in [-0.15, -0.1) is 0 Å². The topological polar surface area (TPSA) is 60.7 Å². The van der Waals surface area contributed by atoms with Crippen molar-refractivity contribution in [3.63, 3.8) is 0 Å². The number of allylic oxidation sites excluding steroid dienone is 5. The summed E-state index contributed by atoms with van der Waals surface area (Å²) in [7, 11) is 0. The first-order chi connectivity index (χ1) is 14.7. The van der Waals surface area contributed by atoms with Crippen LogP contribution in [-0.4, -0.2) is 33.6 Å². The lowest BCUT2D eigenvalue weighted by molar-refractivity contribution is -0.0493. The smallest absolute Gasteiger partial charge is 0.0661 e. The predicted octanol–water partition coefficient (Wildman–Crippen LogP) is 5.56. The van der Waals surface area contributed by atoms with Crippen molar-refractivity contribution >= 4 is 0 Å². The number of rotatable bonds is 6. The second-order valence-corrected chi connectivity index (χ2v) is 11.5. The first-order valence-corrected chi connectivity index (χ1v) is 12.8. The molecule has 3 heteroatoms. The van der Waals surface area contributed by atoms with E-state index < -0.39 is 12.2 Å². The summed E-state index contributed by atoms with van der Waals surface area (Å²) in [6, 6.07) is 0. The molecule has 0 aromatic carbocycles. The van der Waals surface area contributed by atoms with Crippen molar-refractivity contribution < 1.29 is 15.3 Å². The van der Waals surface area contributed by atoms with Crippen LogP contribution in [0.5, 0.6) is 0 Å². The molecule has 4 aliphatic carbocycles. The van der Waals surface area contributed by atoms with Crippen molar-refractivity contribution in [3.05, 3.63) is 34.9 Å². The maximum atomic E-state index is 11.0. The van der Waals surface area contributed by atoms with Gasteiger partial charge >= 0.3 is 0 Å². The van der Waals surface area contributed by atoms with Gasteiger partial charge in [0.15, 0.2) is 0 Å². The summed E-state index contributed by atoms with van der Waals surface area (Å²) in [6.45, 7) is 11.4. The van der Waals surface area contributed by atoms with Gasteiger partial charge in [-0.2, -0.15) is 0 Å². The summed E-state index contributed by atoms with van der Waals surface area (Å²) in [5.41, 5.74) is 4.25. The zero-order valence-electron chi connectivity index (χ0n) is 20.3. The van der Waals surface area contributed by atoms with Gasteiger partial charge in [-0.3, -0.25) is 0 Å². The third kappa shape index (κ3) is 3.60. The zero-order chi connectivity index (χ0) is 22.6. The highest BCUT2D eigenvalue weighted by molar-refractivity contribution is 5.43. The Morgan fingerprint density at radius 1 is 1.10 bits per heavy atom. The molecule has 0 heterocycles. The molecule has 0 bridgehead atoms. The van der Waals surface area contributed by atoms with Crippen LogP contribution in [0, 0.1) is 34.5 Å². The minimum Gasteiger partial charge on any atom is -0.393 e. The van der Waals surface area contributed by atoms with Crippen LogP contribution >= 0.6 is 0 Å². The molecule has 3 nitrogen and oxygen atoms in total. The van der Waals surface area contributed by atoms with Gasteiger partial charge in [-0.25, -0.2) is 0 Å². The average Bonchev–Trinajstić information content (AvgIpc) is 3.07. The van der Waals surface area contributed by atoms with E-state index in [1.807, 2.05) is 0 Å². The number of fused-ring (bicyclic) bond motifs is 5. The Morgan fingerprint density at radius 2 is 1.81 bits per heavy atom. The van der Waals surface area contributed by atoms with Crippen molar-refractivity contribution in [1.82, 2.24) is 0 Å². The van der Waals surface area contributed by atoms with Crippen molar-refractivity contribution in [2.45, 2.75) is 104 Å². The van der Waals surface area contributed by atoms with Gasteiger partial charge in [0, 0.05) is 11.8 Å². The van der Waals surface area contributed by atoms with Crippen LogP contribution in [0.25, 0.3) is 0 Å². The largest absolute Gasteiger partial charge is 0.393 e. The van der Waals surface area contributed by atoms with Crippen LogP contribution in [0.2, 0.25) is 0 Å². The van der Waals surface area contributed by atoms with E-state index in [2.05, 4.69) is 52.8 Å². The van der Waals surface area contributed by atoms with Gasteiger partial charge < -0.3 is 15.3 Å². The lowest BCUT2D eigenvalue weighted by Crippen LogP contribution is -2.52. The molecule has 2 saturated carbocycles. The molecule has 31 heavy (non-hydrogen) atoms. The van der Waals surface area contributed by atoms with E-state index in [-0.39, 0.29) is 16.9 Å². The Kier molecular flexibility index (Phi) is 6.35. The molecule has 0 spiro atoms. The van der Waals surface area contributed by atoms with E-state index in [4.69, 9.17) is 0 Å². The van der Waals surface area contributed by atoms with Gasteiger partial charge in [0.05, 0.1) is 18.3 Å². The van der Waals surface area contributed by atoms with E-state index in [1.165, 1.54) is 11.1 Å². The second kappa shape index (κ2) is 8.47. The molecule has 0 radical (unpaired) electrons. The molecule has 8 atom stereocenters. The van der Waals surface area contributed by atoms with Gasteiger partial charge in [0.25, 0.3) is 0 Å². The minimum atomic E-state index is -0.469. The maximum Gasteiger partial charge on any atom is 0.0661 e. The molecule has 4 aliphatic rings. The number of aliphatic hydroxyl groups excluding tert-OH is 3. The van der Waals surface area contributed by atoms with Crippen molar-refractivity contribution in [3.8, 4) is 0 Å². The van der Waals surface area contributed by atoms with Gasteiger partial charge in [-0.05, 0) is 61.2 Å². The van der Waals surface area contributed by atoms with Gasteiger partial charge in [-0.1, -0.05) is 82.4 Å². The van der Waals surface area contributed by atoms with Crippen molar-refractivity contribution in [2.75, 3.05) is 0 Å². The van der Waals surface area contributed by atoms with Gasteiger partial charge in [0.2, 0.25) is 0 Å². The predicted molar refractivity (Wildman–Crippen MR) is 126 cm³/mol. The summed E-state index contributed by atoms with van der Waals surface area (Å²) in [6.07, 6.45) is 13.4. The van der Waals surface area contributed by atoms with Crippen LogP contribution in [0.1, 0.15) is 86.0 Å². The molecule has 4 rings (SSSR count). The number of hydrogen-bond donors (Lipinski definition) is 3. The Hall–Kier alpha value is -0.900. The minimum absolute atomic E-state index is 0.163. The summed E-state index contributed by atoms with van der Waals surface area (Å²) < 4.78 is 0. The molecule has 0 unspecified atom stereocenters. The quantitative estimate of drug-likeness (QED) is 0.485. The second-order valence-electron chi connectivity index (χ2n) is 11.5. The highest BCUT2D eigenvalue weighted by Gasteiger charge is 2.57. The standard InChI is InChI=1S/C28H44O3/c1-6-18(7-2)25(30)14-17(3)22-10-11-23-21-9-8-19-15-20(29)16-26(31)28(19,5)24(21)12-13-27(22,23)4/h8-10,17-18,20,23-26,29-31H,6-7,11-16H2,1-5H3/t17-,20+,23-,24-,25-,26-,27+,28-/m0/s1. The van der Waals surface area contributed by atoms with E-state index >= 15 is 0 Å². The first-order valence-electron chi connectivity index (χ1n) is 12.8. The Bertz CT molecular complexity index is 775. The zero-order valence-corrected chi connectivity index (χ0v) is 20.3. The van der Waals surface area contributed by atoms with Gasteiger partial charge in [0.1, 0.15) is 0 Å². The average molecular weight is 429 g/mol.